The summed E-state index contributed by atoms with van der Waals surface area (Å²) in [5.74, 6) is -3.43. The van der Waals surface area contributed by atoms with E-state index >= 15 is 0 Å². The van der Waals surface area contributed by atoms with Gasteiger partial charge in [0.1, 0.15) is 0 Å². The van der Waals surface area contributed by atoms with Gasteiger partial charge in [0.25, 0.3) is 0 Å². The molecule has 0 saturated carbocycles. The van der Waals surface area contributed by atoms with Gasteiger partial charge in [0.05, 0.1) is 12.0 Å². The first kappa shape index (κ1) is 17.4. The third-order valence-corrected chi connectivity index (χ3v) is 3.65. The molecule has 7 heteroatoms. The normalized spacial score (nSPS) is 28.4. The number of carbonyl (C=O) groups is 2. The van der Waals surface area contributed by atoms with E-state index in [9.17, 15) is 14.7 Å². The molecule has 0 radical (unpaired) electrons. The van der Waals surface area contributed by atoms with E-state index in [2.05, 4.69) is 0 Å². The van der Waals surface area contributed by atoms with E-state index in [1.165, 1.54) is 0 Å². The maximum absolute atomic E-state index is 11.5. The Balaban J connectivity index is 0.00000220. The summed E-state index contributed by atoms with van der Waals surface area (Å²) in [5.41, 5.74) is 6.45. The number of benzene rings is 1. The highest BCUT2D eigenvalue weighted by Crippen LogP contribution is 2.38. The topological polar surface area (TPSA) is 110 Å². The average molecular weight is 316 g/mol. The molecule has 116 valence electrons. The van der Waals surface area contributed by atoms with Crippen LogP contribution < -0.4 is 5.73 Å². The minimum absolute atomic E-state index is 0. The largest absolute Gasteiger partial charge is 0.481 e. The highest BCUT2D eigenvalue weighted by atomic mass is 35.5. The van der Waals surface area contributed by atoms with Gasteiger partial charge in [-0.15, -0.1) is 12.4 Å². The Morgan fingerprint density at radius 2 is 1.81 bits per heavy atom. The van der Waals surface area contributed by atoms with E-state index < -0.39 is 36.0 Å². The first-order valence-electron chi connectivity index (χ1n) is 6.40. The molecule has 4 N–H and O–H groups in total. The van der Waals surface area contributed by atoms with Crippen molar-refractivity contribution in [2.45, 2.75) is 24.5 Å². The van der Waals surface area contributed by atoms with Crippen LogP contribution in [0, 0.1) is 5.92 Å². The summed E-state index contributed by atoms with van der Waals surface area (Å²) in [6.07, 6.45) is -1.79. The number of carboxylic acid groups (broad SMARTS) is 2. The second kappa shape index (κ2) is 7.40. The molecule has 2 rings (SSSR count). The molecule has 6 nitrogen and oxygen atoms in total. The van der Waals surface area contributed by atoms with E-state index in [-0.39, 0.29) is 25.4 Å². The summed E-state index contributed by atoms with van der Waals surface area (Å²) in [6.45, 7) is 0.0765. The molecule has 1 saturated heterocycles. The Kier molecular flexibility index (Phi) is 6.14. The number of ether oxygens (including phenoxy) is 1. The highest BCUT2D eigenvalue weighted by Gasteiger charge is 2.44. The van der Waals surface area contributed by atoms with Crippen LogP contribution in [-0.2, 0) is 14.3 Å². The van der Waals surface area contributed by atoms with Crippen molar-refractivity contribution < 1.29 is 24.5 Å². The number of hydrogen-bond acceptors (Lipinski definition) is 4. The van der Waals surface area contributed by atoms with Crippen LogP contribution in [-0.4, -0.2) is 40.9 Å². The van der Waals surface area contributed by atoms with Crippen LogP contribution in [0.3, 0.4) is 0 Å². The van der Waals surface area contributed by atoms with Crippen molar-refractivity contribution in [3.8, 4) is 0 Å². The van der Waals surface area contributed by atoms with Gasteiger partial charge in [0.15, 0.2) is 6.10 Å². The quantitative estimate of drug-likeness (QED) is 0.767. The van der Waals surface area contributed by atoms with Crippen molar-refractivity contribution in [3.63, 3.8) is 0 Å². The molecule has 1 heterocycles. The number of rotatable bonds is 4. The van der Waals surface area contributed by atoms with E-state index in [0.29, 0.717) is 0 Å². The lowest BCUT2D eigenvalue weighted by Crippen LogP contribution is -2.48. The van der Waals surface area contributed by atoms with E-state index in [4.69, 9.17) is 15.6 Å². The van der Waals surface area contributed by atoms with Crippen LogP contribution >= 0.6 is 12.4 Å². The Hall–Kier alpha value is -1.63. The van der Waals surface area contributed by atoms with Gasteiger partial charge in [-0.3, -0.25) is 4.79 Å². The molecule has 4 atom stereocenters. The van der Waals surface area contributed by atoms with Crippen LogP contribution in [0.4, 0.5) is 0 Å². The first-order chi connectivity index (χ1) is 9.54. The maximum atomic E-state index is 11.5. The molecule has 0 aromatic heterocycles. The molecular weight excluding hydrogens is 298 g/mol. The molecule has 0 spiro atoms. The zero-order chi connectivity index (χ0) is 14.7. The monoisotopic (exact) mass is 315 g/mol. The van der Waals surface area contributed by atoms with Crippen molar-refractivity contribution in [1.29, 1.82) is 0 Å². The van der Waals surface area contributed by atoms with Crippen molar-refractivity contribution in [3.05, 3.63) is 35.9 Å². The Bertz CT molecular complexity index is 495. The number of nitrogens with two attached hydrogens (primary N) is 1. The Morgan fingerprint density at radius 3 is 2.29 bits per heavy atom. The highest BCUT2D eigenvalue weighted by molar-refractivity contribution is 5.85. The zero-order valence-electron chi connectivity index (χ0n) is 11.2. The van der Waals surface area contributed by atoms with E-state index in [0.717, 1.165) is 5.56 Å². The van der Waals surface area contributed by atoms with Gasteiger partial charge in [0.2, 0.25) is 0 Å². The molecular formula is C14H18ClNO5. The number of halogens is 1. The molecule has 1 aromatic carbocycles. The molecule has 1 aliphatic heterocycles. The number of hydrogen-bond donors (Lipinski definition) is 3. The van der Waals surface area contributed by atoms with E-state index in [1.54, 1.807) is 0 Å². The van der Waals surface area contributed by atoms with Crippen LogP contribution in [0.5, 0.6) is 0 Å². The Labute approximate surface area is 128 Å². The minimum Gasteiger partial charge on any atom is -0.481 e. The molecule has 1 fully saturated rings. The van der Waals surface area contributed by atoms with Gasteiger partial charge in [-0.2, -0.15) is 0 Å². The van der Waals surface area contributed by atoms with Crippen molar-refractivity contribution in [2.75, 3.05) is 6.54 Å². The van der Waals surface area contributed by atoms with Crippen molar-refractivity contribution in [1.82, 2.24) is 0 Å². The predicted molar refractivity (Wildman–Crippen MR) is 77.5 cm³/mol. The van der Waals surface area contributed by atoms with Gasteiger partial charge in [-0.05, 0) is 12.0 Å². The fourth-order valence-electron chi connectivity index (χ4n) is 2.73. The third kappa shape index (κ3) is 3.72. The van der Waals surface area contributed by atoms with Gasteiger partial charge >= 0.3 is 11.9 Å². The fraction of sp³-hybridized carbons (Fsp3) is 0.429. The predicted octanol–water partition coefficient (Wildman–Crippen LogP) is 1.09. The lowest BCUT2D eigenvalue weighted by Gasteiger charge is -2.38. The molecule has 0 bridgehead atoms. The summed E-state index contributed by atoms with van der Waals surface area (Å²) >= 11 is 0. The molecule has 1 aromatic rings. The maximum Gasteiger partial charge on any atom is 0.332 e. The van der Waals surface area contributed by atoms with Gasteiger partial charge in [-0.25, -0.2) is 4.79 Å². The summed E-state index contributed by atoms with van der Waals surface area (Å²) < 4.78 is 5.46. The molecule has 4 unspecified atom stereocenters. The van der Waals surface area contributed by atoms with Gasteiger partial charge in [0, 0.05) is 12.5 Å². The molecule has 1 aliphatic rings. The lowest BCUT2D eigenvalue weighted by molar-refractivity contribution is -0.170. The summed E-state index contributed by atoms with van der Waals surface area (Å²) in [4.78, 5) is 22.5. The SMILES string of the molecule is Cl.NCC1OC(C(=O)O)CC(C(=O)O)C1c1ccccc1. The number of carboxylic acids is 2. The third-order valence-electron chi connectivity index (χ3n) is 3.65. The van der Waals surface area contributed by atoms with Crippen molar-refractivity contribution >= 4 is 24.3 Å². The summed E-state index contributed by atoms with van der Waals surface area (Å²) in [6, 6.07) is 9.08. The second-order valence-corrected chi connectivity index (χ2v) is 4.85. The summed E-state index contributed by atoms with van der Waals surface area (Å²) in [5, 5.41) is 18.4. The molecule has 0 aliphatic carbocycles. The summed E-state index contributed by atoms with van der Waals surface area (Å²) in [7, 11) is 0. The smallest absolute Gasteiger partial charge is 0.332 e. The average Bonchev–Trinajstić information content (AvgIpc) is 2.46. The zero-order valence-corrected chi connectivity index (χ0v) is 12.0. The van der Waals surface area contributed by atoms with Crippen LogP contribution in [0.2, 0.25) is 0 Å². The Morgan fingerprint density at radius 1 is 1.19 bits per heavy atom. The second-order valence-electron chi connectivity index (χ2n) is 4.85. The fourth-order valence-corrected chi connectivity index (χ4v) is 2.73. The first-order valence-corrected chi connectivity index (χ1v) is 6.40. The lowest BCUT2D eigenvalue weighted by atomic mass is 9.76. The van der Waals surface area contributed by atoms with Gasteiger partial charge in [-0.1, -0.05) is 30.3 Å². The van der Waals surface area contributed by atoms with Crippen molar-refractivity contribution in [2.24, 2.45) is 11.7 Å². The van der Waals surface area contributed by atoms with Gasteiger partial charge < -0.3 is 20.7 Å². The number of aliphatic carboxylic acids is 2. The molecule has 21 heavy (non-hydrogen) atoms. The standard InChI is InChI=1S/C14H17NO5.ClH/c15-7-11-12(8-4-2-1-3-5-8)9(13(16)17)6-10(20-11)14(18)19;/h1-5,9-12H,6-7,15H2,(H,16,17)(H,18,19);1H. The van der Waals surface area contributed by atoms with Crippen LogP contribution in [0.25, 0.3) is 0 Å². The van der Waals surface area contributed by atoms with Crippen LogP contribution in [0.1, 0.15) is 17.9 Å². The van der Waals surface area contributed by atoms with E-state index in [1.807, 2.05) is 30.3 Å². The molecule has 0 amide bonds. The van der Waals surface area contributed by atoms with Crippen LogP contribution in [0.15, 0.2) is 30.3 Å². The minimum atomic E-state index is -1.15.